The number of ether oxygens (including phenoxy) is 1. The topological polar surface area (TPSA) is 9.23 Å². The van der Waals surface area contributed by atoms with E-state index < -0.39 is 0 Å². The molecule has 1 rings (SSSR count). The summed E-state index contributed by atoms with van der Waals surface area (Å²) in [4.78, 5) is 0.662. The average molecular weight is 207 g/mol. The van der Waals surface area contributed by atoms with Gasteiger partial charge in [0.1, 0.15) is 0 Å². The zero-order valence-corrected chi connectivity index (χ0v) is 8.44. The molecule has 10 heavy (non-hydrogen) atoms. The van der Waals surface area contributed by atoms with E-state index in [2.05, 4.69) is 29.8 Å². The fraction of sp³-hybridized carbons (Fsp3) is 1.00. The van der Waals surface area contributed by atoms with Gasteiger partial charge in [0.25, 0.3) is 0 Å². The second-order valence-corrected chi connectivity index (χ2v) is 4.39. The van der Waals surface area contributed by atoms with Crippen molar-refractivity contribution < 1.29 is 4.74 Å². The van der Waals surface area contributed by atoms with E-state index in [0.29, 0.717) is 16.3 Å². The Labute approximate surface area is 71.3 Å². The molecule has 0 heterocycles. The van der Waals surface area contributed by atoms with Crippen molar-refractivity contribution >= 4 is 15.9 Å². The van der Waals surface area contributed by atoms with Crippen LogP contribution in [0.3, 0.4) is 0 Å². The minimum absolute atomic E-state index is 0.384. The molecule has 0 bridgehead atoms. The van der Waals surface area contributed by atoms with Crippen LogP contribution in [-0.4, -0.2) is 18.0 Å². The van der Waals surface area contributed by atoms with Crippen molar-refractivity contribution in [2.75, 3.05) is 7.11 Å². The van der Waals surface area contributed by atoms with Gasteiger partial charge in [-0.15, -0.1) is 0 Å². The third-order valence-electron chi connectivity index (χ3n) is 2.92. The summed E-state index contributed by atoms with van der Waals surface area (Å²) >= 11 is 3.64. The SMILES string of the molecule is CCC1(C)C(Br)CC1OC. The van der Waals surface area contributed by atoms with Gasteiger partial charge in [0, 0.05) is 17.4 Å². The Bertz CT molecular complexity index is 126. The van der Waals surface area contributed by atoms with Crippen LogP contribution in [0.4, 0.5) is 0 Å². The Morgan fingerprint density at radius 1 is 1.70 bits per heavy atom. The van der Waals surface area contributed by atoms with E-state index in [-0.39, 0.29) is 0 Å². The van der Waals surface area contributed by atoms with Gasteiger partial charge >= 0.3 is 0 Å². The Balaban J connectivity index is 2.54. The van der Waals surface area contributed by atoms with Crippen LogP contribution < -0.4 is 0 Å². The van der Waals surface area contributed by atoms with Gasteiger partial charge < -0.3 is 4.74 Å². The number of rotatable bonds is 2. The highest BCUT2D eigenvalue weighted by molar-refractivity contribution is 9.09. The van der Waals surface area contributed by atoms with Crippen molar-refractivity contribution in [3.63, 3.8) is 0 Å². The predicted octanol–water partition coefficient (Wildman–Crippen LogP) is 2.58. The third kappa shape index (κ3) is 1.02. The van der Waals surface area contributed by atoms with Crippen molar-refractivity contribution in [3.05, 3.63) is 0 Å². The number of hydrogen-bond acceptors (Lipinski definition) is 1. The number of methoxy groups -OCH3 is 1. The first-order valence-corrected chi connectivity index (χ1v) is 4.73. The highest BCUT2D eigenvalue weighted by atomic mass is 79.9. The Morgan fingerprint density at radius 2 is 2.30 bits per heavy atom. The molecule has 0 spiro atoms. The van der Waals surface area contributed by atoms with E-state index in [4.69, 9.17) is 4.74 Å². The van der Waals surface area contributed by atoms with E-state index in [0.717, 1.165) is 0 Å². The molecular weight excluding hydrogens is 192 g/mol. The quantitative estimate of drug-likeness (QED) is 0.632. The van der Waals surface area contributed by atoms with Gasteiger partial charge in [0.2, 0.25) is 0 Å². The van der Waals surface area contributed by atoms with E-state index in [1.54, 1.807) is 7.11 Å². The molecule has 0 aromatic rings. The van der Waals surface area contributed by atoms with Gasteiger partial charge in [0.15, 0.2) is 0 Å². The number of halogens is 1. The van der Waals surface area contributed by atoms with Gasteiger partial charge in [-0.05, 0) is 12.8 Å². The number of hydrogen-bond donors (Lipinski definition) is 0. The van der Waals surface area contributed by atoms with Gasteiger partial charge in [0.05, 0.1) is 6.10 Å². The zero-order chi connectivity index (χ0) is 7.78. The maximum atomic E-state index is 5.33. The molecule has 0 aromatic heterocycles. The van der Waals surface area contributed by atoms with E-state index in [1.807, 2.05) is 0 Å². The molecular formula is C8H15BrO. The first kappa shape index (κ1) is 8.54. The second kappa shape index (κ2) is 2.82. The van der Waals surface area contributed by atoms with Crippen LogP contribution in [0.15, 0.2) is 0 Å². The smallest absolute Gasteiger partial charge is 0.0646 e. The first-order valence-electron chi connectivity index (χ1n) is 3.82. The second-order valence-electron chi connectivity index (χ2n) is 3.29. The van der Waals surface area contributed by atoms with Crippen LogP contribution in [-0.2, 0) is 4.74 Å². The summed E-state index contributed by atoms with van der Waals surface area (Å²) in [6.07, 6.45) is 2.84. The Hall–Kier alpha value is 0.440. The largest absolute Gasteiger partial charge is 0.381 e. The summed E-state index contributed by atoms with van der Waals surface area (Å²) in [5.41, 5.74) is 0.384. The molecule has 0 saturated heterocycles. The molecule has 1 fully saturated rings. The van der Waals surface area contributed by atoms with Crippen molar-refractivity contribution in [1.29, 1.82) is 0 Å². The van der Waals surface area contributed by atoms with Gasteiger partial charge in [-0.3, -0.25) is 0 Å². The van der Waals surface area contributed by atoms with Crippen molar-refractivity contribution in [1.82, 2.24) is 0 Å². The minimum atomic E-state index is 0.384. The van der Waals surface area contributed by atoms with E-state index >= 15 is 0 Å². The summed E-state index contributed by atoms with van der Waals surface area (Å²) in [5.74, 6) is 0. The predicted molar refractivity (Wildman–Crippen MR) is 46.5 cm³/mol. The lowest BCUT2D eigenvalue weighted by molar-refractivity contribution is -0.0731. The van der Waals surface area contributed by atoms with E-state index in [1.165, 1.54) is 12.8 Å². The standard InChI is InChI=1S/C8H15BrO/c1-4-8(2)6(9)5-7(8)10-3/h6-7H,4-5H2,1-3H3. The summed E-state index contributed by atoms with van der Waals surface area (Å²) in [5, 5.41) is 0. The molecule has 0 aromatic carbocycles. The molecule has 0 radical (unpaired) electrons. The lowest BCUT2D eigenvalue weighted by Gasteiger charge is -2.50. The highest BCUT2D eigenvalue weighted by Crippen LogP contribution is 2.49. The summed E-state index contributed by atoms with van der Waals surface area (Å²) < 4.78 is 5.33. The molecule has 0 amide bonds. The molecule has 1 nitrogen and oxygen atoms in total. The Morgan fingerprint density at radius 3 is 2.50 bits per heavy atom. The lowest BCUT2D eigenvalue weighted by Crippen LogP contribution is -2.52. The van der Waals surface area contributed by atoms with Crippen LogP contribution >= 0.6 is 15.9 Å². The van der Waals surface area contributed by atoms with Crippen LogP contribution in [0.5, 0.6) is 0 Å². The minimum Gasteiger partial charge on any atom is -0.381 e. The molecule has 0 N–H and O–H groups in total. The fourth-order valence-electron chi connectivity index (χ4n) is 1.58. The Kier molecular flexibility index (Phi) is 2.41. The molecule has 60 valence electrons. The molecule has 3 unspecified atom stereocenters. The van der Waals surface area contributed by atoms with Gasteiger partial charge in [-0.1, -0.05) is 29.8 Å². The van der Waals surface area contributed by atoms with Gasteiger partial charge in [-0.2, -0.15) is 0 Å². The van der Waals surface area contributed by atoms with Gasteiger partial charge in [-0.25, -0.2) is 0 Å². The molecule has 1 saturated carbocycles. The van der Waals surface area contributed by atoms with Crippen LogP contribution in [0, 0.1) is 5.41 Å². The fourth-order valence-corrected chi connectivity index (χ4v) is 2.54. The van der Waals surface area contributed by atoms with Crippen molar-refractivity contribution in [2.45, 2.75) is 37.6 Å². The molecule has 2 heteroatoms. The first-order chi connectivity index (χ1) is 4.65. The van der Waals surface area contributed by atoms with E-state index in [9.17, 15) is 0 Å². The maximum Gasteiger partial charge on any atom is 0.0646 e. The highest BCUT2D eigenvalue weighted by Gasteiger charge is 2.49. The van der Waals surface area contributed by atoms with Crippen LogP contribution in [0.1, 0.15) is 26.7 Å². The lowest BCUT2D eigenvalue weighted by atomic mass is 9.66. The molecule has 1 aliphatic rings. The zero-order valence-electron chi connectivity index (χ0n) is 6.86. The molecule has 0 aliphatic heterocycles. The maximum absolute atomic E-state index is 5.33. The molecule has 1 aliphatic carbocycles. The third-order valence-corrected chi connectivity index (χ3v) is 4.34. The summed E-state index contributed by atoms with van der Waals surface area (Å²) in [7, 11) is 1.80. The van der Waals surface area contributed by atoms with Crippen LogP contribution in [0.2, 0.25) is 0 Å². The monoisotopic (exact) mass is 206 g/mol. The average Bonchev–Trinajstić information content (AvgIpc) is 1.98. The normalized spacial score (nSPS) is 46.8. The molecule has 3 atom stereocenters. The number of alkyl halides is 1. The summed E-state index contributed by atoms with van der Waals surface area (Å²) in [6.45, 7) is 4.50. The van der Waals surface area contributed by atoms with Crippen molar-refractivity contribution in [3.8, 4) is 0 Å². The van der Waals surface area contributed by atoms with Crippen molar-refractivity contribution in [2.24, 2.45) is 5.41 Å². The van der Waals surface area contributed by atoms with Crippen LogP contribution in [0.25, 0.3) is 0 Å². The summed E-state index contributed by atoms with van der Waals surface area (Å²) in [6, 6.07) is 0.